The second kappa shape index (κ2) is 8.02. The van der Waals surface area contributed by atoms with Gasteiger partial charge in [-0.1, -0.05) is 30.7 Å². The highest BCUT2D eigenvalue weighted by Gasteiger charge is 2.50. The fourth-order valence-electron chi connectivity index (χ4n) is 4.14. The largest absolute Gasteiger partial charge is 0.460 e. The van der Waals surface area contributed by atoms with Crippen molar-refractivity contribution in [2.75, 3.05) is 19.6 Å². The molecule has 1 saturated carbocycles. The van der Waals surface area contributed by atoms with Crippen LogP contribution in [0.3, 0.4) is 0 Å². The predicted molar refractivity (Wildman–Crippen MR) is 98.9 cm³/mol. The lowest BCUT2D eigenvalue weighted by atomic mass is 9.76. The van der Waals surface area contributed by atoms with E-state index in [9.17, 15) is 18.7 Å². The summed E-state index contributed by atoms with van der Waals surface area (Å²) >= 11 is 5.95. The molecule has 1 aromatic carbocycles. The standard InChI is InChI=1S/C20H26ClF2NO3/c1-2-24-11-8-15(9-12-24)20(26,14-3-5-16(21)6-4-14)18(25)27-17-7-10-19(22,23)13-17/h3-6,15,17,26H,2,7-13H2,1H3/t17-,20+/m1/s1. The normalized spacial score (nSPS) is 25.9. The first-order chi connectivity index (χ1) is 12.7. The third kappa shape index (κ3) is 4.44. The maximum atomic E-state index is 13.5. The zero-order valence-corrected chi connectivity index (χ0v) is 16.2. The molecule has 0 aromatic heterocycles. The van der Waals surface area contributed by atoms with Gasteiger partial charge in [-0.3, -0.25) is 0 Å². The number of carbonyl (C=O) groups excluding carboxylic acids is 1. The van der Waals surface area contributed by atoms with E-state index in [1.54, 1.807) is 24.3 Å². The Morgan fingerprint density at radius 1 is 1.30 bits per heavy atom. The molecule has 1 aromatic rings. The Balaban J connectivity index is 1.83. The van der Waals surface area contributed by atoms with Crippen molar-refractivity contribution in [3.8, 4) is 0 Å². The molecule has 27 heavy (non-hydrogen) atoms. The van der Waals surface area contributed by atoms with E-state index in [4.69, 9.17) is 16.3 Å². The number of hydrogen-bond donors (Lipinski definition) is 1. The lowest BCUT2D eigenvalue weighted by Gasteiger charge is -2.40. The van der Waals surface area contributed by atoms with Gasteiger partial charge in [-0.25, -0.2) is 13.6 Å². The van der Waals surface area contributed by atoms with Crippen LogP contribution in [0.1, 0.15) is 44.6 Å². The number of rotatable bonds is 5. The molecule has 2 fully saturated rings. The van der Waals surface area contributed by atoms with Crippen LogP contribution in [-0.2, 0) is 15.1 Å². The summed E-state index contributed by atoms with van der Waals surface area (Å²) in [5.74, 6) is -3.98. The first-order valence-corrected chi connectivity index (χ1v) is 9.92. The highest BCUT2D eigenvalue weighted by atomic mass is 35.5. The van der Waals surface area contributed by atoms with Crippen LogP contribution in [0.25, 0.3) is 0 Å². The summed E-state index contributed by atoms with van der Waals surface area (Å²) in [4.78, 5) is 15.3. The topological polar surface area (TPSA) is 49.8 Å². The van der Waals surface area contributed by atoms with Crippen LogP contribution < -0.4 is 0 Å². The minimum Gasteiger partial charge on any atom is -0.460 e. The minimum absolute atomic E-state index is 0.115. The molecule has 1 N–H and O–H groups in total. The number of nitrogens with zero attached hydrogens (tertiary/aromatic N) is 1. The van der Waals surface area contributed by atoms with Gasteiger partial charge < -0.3 is 14.7 Å². The van der Waals surface area contributed by atoms with Crippen LogP contribution in [-0.4, -0.2) is 47.6 Å². The first-order valence-electron chi connectivity index (χ1n) is 9.54. The number of alkyl halides is 2. The number of likely N-dealkylation sites (tertiary alicyclic amines) is 1. The van der Waals surface area contributed by atoms with E-state index in [0.717, 1.165) is 19.6 Å². The third-order valence-corrected chi connectivity index (χ3v) is 6.11. The maximum Gasteiger partial charge on any atom is 0.343 e. The molecule has 7 heteroatoms. The van der Waals surface area contributed by atoms with Crippen LogP contribution in [0.4, 0.5) is 8.78 Å². The van der Waals surface area contributed by atoms with Gasteiger partial charge in [0.2, 0.25) is 0 Å². The maximum absolute atomic E-state index is 13.5. The van der Waals surface area contributed by atoms with Crippen LogP contribution in [0.5, 0.6) is 0 Å². The number of aliphatic hydroxyl groups is 1. The van der Waals surface area contributed by atoms with Crippen LogP contribution in [0.15, 0.2) is 24.3 Å². The molecule has 2 aliphatic rings. The number of halogens is 3. The van der Waals surface area contributed by atoms with Gasteiger partial charge in [0, 0.05) is 23.8 Å². The Morgan fingerprint density at radius 2 is 1.93 bits per heavy atom. The minimum atomic E-state index is -2.81. The Kier molecular flexibility index (Phi) is 6.08. The molecule has 150 valence electrons. The average Bonchev–Trinajstić information content (AvgIpc) is 3.00. The van der Waals surface area contributed by atoms with Gasteiger partial charge in [-0.15, -0.1) is 0 Å². The Labute approximate surface area is 163 Å². The summed E-state index contributed by atoms with van der Waals surface area (Å²) < 4.78 is 32.3. The van der Waals surface area contributed by atoms with Gasteiger partial charge in [0.05, 0.1) is 0 Å². The molecule has 3 rings (SSSR count). The Morgan fingerprint density at radius 3 is 2.44 bits per heavy atom. The van der Waals surface area contributed by atoms with Gasteiger partial charge in [0.15, 0.2) is 5.60 Å². The Bertz CT molecular complexity index is 662. The lowest BCUT2D eigenvalue weighted by Crippen LogP contribution is -2.49. The van der Waals surface area contributed by atoms with E-state index in [-0.39, 0.29) is 18.8 Å². The van der Waals surface area contributed by atoms with E-state index in [0.29, 0.717) is 23.4 Å². The fourth-order valence-corrected chi connectivity index (χ4v) is 4.27. The number of ether oxygens (including phenoxy) is 1. The number of benzene rings is 1. The van der Waals surface area contributed by atoms with E-state index < -0.39 is 30.0 Å². The molecule has 0 bridgehead atoms. The van der Waals surface area contributed by atoms with Gasteiger partial charge >= 0.3 is 5.97 Å². The Hall–Kier alpha value is -1.24. The molecule has 1 aliphatic carbocycles. The van der Waals surface area contributed by atoms with E-state index in [1.165, 1.54) is 0 Å². The smallest absolute Gasteiger partial charge is 0.343 e. The van der Waals surface area contributed by atoms with Crippen molar-refractivity contribution in [2.24, 2.45) is 5.92 Å². The van der Waals surface area contributed by atoms with Crippen molar-refractivity contribution in [3.05, 3.63) is 34.9 Å². The number of carbonyl (C=O) groups is 1. The molecule has 1 aliphatic heterocycles. The summed E-state index contributed by atoms with van der Waals surface area (Å²) in [6, 6.07) is 6.44. The zero-order valence-electron chi connectivity index (χ0n) is 15.5. The number of hydrogen-bond acceptors (Lipinski definition) is 4. The lowest BCUT2D eigenvalue weighted by molar-refractivity contribution is -0.182. The molecular weight excluding hydrogens is 376 g/mol. The summed E-state index contributed by atoms with van der Waals surface area (Å²) in [5.41, 5.74) is -1.46. The van der Waals surface area contributed by atoms with Gasteiger partial charge in [-0.05, 0) is 56.6 Å². The third-order valence-electron chi connectivity index (χ3n) is 5.85. The van der Waals surface area contributed by atoms with E-state index in [1.807, 2.05) is 0 Å². The molecule has 4 nitrogen and oxygen atoms in total. The van der Waals surface area contributed by atoms with Crippen molar-refractivity contribution >= 4 is 17.6 Å². The van der Waals surface area contributed by atoms with Gasteiger partial charge in [-0.2, -0.15) is 0 Å². The highest BCUT2D eigenvalue weighted by Crippen LogP contribution is 2.41. The molecule has 0 unspecified atom stereocenters. The van der Waals surface area contributed by atoms with E-state index in [2.05, 4.69) is 11.8 Å². The molecule has 0 radical (unpaired) electrons. The number of piperidine rings is 1. The van der Waals surface area contributed by atoms with E-state index >= 15 is 0 Å². The second-order valence-electron chi connectivity index (χ2n) is 7.61. The quantitative estimate of drug-likeness (QED) is 0.758. The molecule has 1 saturated heterocycles. The van der Waals surface area contributed by atoms with Crippen LogP contribution in [0.2, 0.25) is 5.02 Å². The van der Waals surface area contributed by atoms with Crippen molar-refractivity contribution in [2.45, 2.75) is 56.7 Å². The molecular formula is C20H26ClF2NO3. The zero-order chi connectivity index (χ0) is 19.7. The highest BCUT2D eigenvalue weighted by molar-refractivity contribution is 6.30. The summed E-state index contributed by atoms with van der Waals surface area (Å²) in [6.07, 6.45) is -0.264. The van der Waals surface area contributed by atoms with Crippen molar-refractivity contribution in [1.82, 2.24) is 4.90 Å². The van der Waals surface area contributed by atoms with Gasteiger partial charge in [0.25, 0.3) is 5.92 Å². The summed E-state index contributed by atoms with van der Waals surface area (Å²) in [5, 5.41) is 12.0. The fraction of sp³-hybridized carbons (Fsp3) is 0.650. The molecule has 2 atom stereocenters. The number of esters is 1. The van der Waals surface area contributed by atoms with Crippen LogP contribution in [0, 0.1) is 5.92 Å². The SMILES string of the molecule is CCN1CCC([C@](O)(C(=O)O[C@@H]2CCC(F)(F)C2)c2ccc(Cl)cc2)CC1. The first kappa shape index (κ1) is 20.5. The monoisotopic (exact) mass is 401 g/mol. The van der Waals surface area contributed by atoms with Gasteiger partial charge in [0.1, 0.15) is 6.10 Å². The molecule has 0 spiro atoms. The predicted octanol–water partition coefficient (Wildman–Crippen LogP) is 3.99. The van der Waals surface area contributed by atoms with Crippen molar-refractivity contribution in [3.63, 3.8) is 0 Å². The molecule has 1 heterocycles. The van der Waals surface area contributed by atoms with Crippen molar-refractivity contribution in [1.29, 1.82) is 0 Å². The van der Waals surface area contributed by atoms with Crippen molar-refractivity contribution < 1.29 is 23.4 Å². The van der Waals surface area contributed by atoms with Crippen LogP contribution >= 0.6 is 11.6 Å². The summed E-state index contributed by atoms with van der Waals surface area (Å²) in [7, 11) is 0. The second-order valence-corrected chi connectivity index (χ2v) is 8.04. The summed E-state index contributed by atoms with van der Waals surface area (Å²) in [6.45, 7) is 4.52. The molecule has 0 amide bonds. The average molecular weight is 402 g/mol.